The van der Waals surface area contributed by atoms with Gasteiger partial charge in [-0.1, -0.05) is 18.2 Å². The third-order valence-corrected chi connectivity index (χ3v) is 2.89. The summed E-state index contributed by atoms with van der Waals surface area (Å²) in [6, 6.07) is 6.85. The lowest BCUT2D eigenvalue weighted by atomic mass is 10.0. The van der Waals surface area contributed by atoms with Gasteiger partial charge in [0.25, 0.3) is 0 Å². The minimum atomic E-state index is 0. The second kappa shape index (κ2) is 6.77. The van der Waals surface area contributed by atoms with Crippen molar-refractivity contribution >= 4 is 12.4 Å². The van der Waals surface area contributed by atoms with E-state index in [-0.39, 0.29) is 12.4 Å². The van der Waals surface area contributed by atoms with Crippen molar-refractivity contribution in [1.82, 2.24) is 4.90 Å². The molecule has 0 N–H and O–H groups in total. The van der Waals surface area contributed by atoms with Gasteiger partial charge < -0.3 is 9.64 Å². The molecule has 16 heavy (non-hydrogen) atoms. The first-order valence-corrected chi connectivity index (χ1v) is 5.35. The van der Waals surface area contributed by atoms with Crippen molar-refractivity contribution in [3.8, 4) is 5.75 Å². The van der Waals surface area contributed by atoms with Crippen LogP contribution in [0.1, 0.15) is 18.1 Å². The molecule has 1 unspecified atom stereocenters. The van der Waals surface area contributed by atoms with Crippen LogP contribution in [0.15, 0.2) is 18.2 Å². The smallest absolute Gasteiger partial charge is 0.125 e. The van der Waals surface area contributed by atoms with Crippen LogP contribution in [-0.4, -0.2) is 32.1 Å². The monoisotopic (exact) mass is 243 g/mol. The number of aryl methyl sites for hydroxylation is 1. The molecule has 0 aliphatic carbocycles. The fraction of sp³-hybridized carbons (Fsp3) is 0.538. The largest absolute Gasteiger partial charge is 0.496 e. The van der Waals surface area contributed by atoms with Gasteiger partial charge in [-0.3, -0.25) is 0 Å². The van der Waals surface area contributed by atoms with Crippen LogP contribution >= 0.6 is 12.4 Å². The molecule has 0 amide bonds. The molecule has 0 spiro atoms. The molecular weight excluding hydrogens is 222 g/mol. The number of likely N-dealkylation sites (N-methyl/N-ethyl adjacent to an activating group) is 1. The number of para-hydroxylation sites is 1. The summed E-state index contributed by atoms with van der Waals surface area (Å²) in [5.41, 5.74) is 2.50. The van der Waals surface area contributed by atoms with Crippen molar-refractivity contribution in [1.29, 1.82) is 0 Å². The van der Waals surface area contributed by atoms with Gasteiger partial charge in [0, 0.05) is 6.04 Å². The van der Waals surface area contributed by atoms with E-state index >= 15 is 0 Å². The maximum absolute atomic E-state index is 5.44. The minimum Gasteiger partial charge on any atom is -0.496 e. The van der Waals surface area contributed by atoms with Crippen molar-refractivity contribution in [3.05, 3.63) is 29.3 Å². The first kappa shape index (κ1) is 15.3. The average Bonchev–Trinajstić information content (AvgIpc) is 2.18. The molecule has 0 heterocycles. The minimum absolute atomic E-state index is 0. The van der Waals surface area contributed by atoms with E-state index < -0.39 is 0 Å². The van der Waals surface area contributed by atoms with Crippen LogP contribution in [0.2, 0.25) is 0 Å². The molecule has 1 rings (SSSR count). The van der Waals surface area contributed by atoms with E-state index in [9.17, 15) is 0 Å². The van der Waals surface area contributed by atoms with Crippen molar-refractivity contribution in [2.24, 2.45) is 0 Å². The number of hydrogen-bond acceptors (Lipinski definition) is 2. The number of ether oxygens (including phenoxy) is 1. The van der Waals surface area contributed by atoms with Crippen LogP contribution in [0.25, 0.3) is 0 Å². The van der Waals surface area contributed by atoms with Gasteiger partial charge >= 0.3 is 0 Å². The topological polar surface area (TPSA) is 12.5 Å². The molecule has 1 aromatic rings. The molecule has 0 aliphatic heterocycles. The van der Waals surface area contributed by atoms with Crippen molar-refractivity contribution in [2.45, 2.75) is 26.3 Å². The molecule has 0 fully saturated rings. The third kappa shape index (κ3) is 3.69. The standard InChI is InChI=1S/C13H21NO.ClH/c1-10-7-6-8-12(13(10)15-5)9-11(2)14(3)4;/h6-8,11H,9H2,1-5H3;1H. The number of rotatable bonds is 4. The van der Waals surface area contributed by atoms with Crippen LogP contribution in [0.5, 0.6) is 5.75 Å². The van der Waals surface area contributed by atoms with Crippen molar-refractivity contribution < 1.29 is 4.74 Å². The van der Waals surface area contributed by atoms with E-state index in [1.807, 2.05) is 0 Å². The predicted molar refractivity (Wildman–Crippen MR) is 71.8 cm³/mol. The number of nitrogens with zero attached hydrogens (tertiary/aromatic N) is 1. The maximum Gasteiger partial charge on any atom is 0.125 e. The summed E-state index contributed by atoms with van der Waals surface area (Å²) >= 11 is 0. The van der Waals surface area contributed by atoms with Crippen molar-refractivity contribution in [3.63, 3.8) is 0 Å². The summed E-state index contributed by atoms with van der Waals surface area (Å²) < 4.78 is 5.44. The molecule has 0 aliphatic rings. The van der Waals surface area contributed by atoms with Crippen LogP contribution in [0, 0.1) is 6.92 Å². The molecule has 0 radical (unpaired) electrons. The Morgan fingerprint density at radius 2 is 1.94 bits per heavy atom. The molecule has 1 atom stereocenters. The summed E-state index contributed by atoms with van der Waals surface area (Å²) in [6.45, 7) is 4.31. The molecule has 0 saturated carbocycles. The Morgan fingerprint density at radius 1 is 1.31 bits per heavy atom. The van der Waals surface area contributed by atoms with Gasteiger partial charge in [0.2, 0.25) is 0 Å². The Balaban J connectivity index is 0.00000225. The number of methoxy groups -OCH3 is 1. The molecule has 0 aromatic heterocycles. The van der Waals surface area contributed by atoms with E-state index in [0.717, 1.165) is 12.2 Å². The zero-order valence-electron chi connectivity index (χ0n) is 10.8. The van der Waals surface area contributed by atoms with Gasteiger partial charge in [-0.15, -0.1) is 12.4 Å². The van der Waals surface area contributed by atoms with Crippen LogP contribution in [0.4, 0.5) is 0 Å². The first-order valence-electron chi connectivity index (χ1n) is 5.35. The highest BCUT2D eigenvalue weighted by atomic mass is 35.5. The van der Waals surface area contributed by atoms with Crippen molar-refractivity contribution in [2.75, 3.05) is 21.2 Å². The Hall–Kier alpha value is -0.730. The fourth-order valence-corrected chi connectivity index (χ4v) is 1.67. The Kier molecular flexibility index (Phi) is 6.46. The average molecular weight is 244 g/mol. The lowest BCUT2D eigenvalue weighted by Crippen LogP contribution is -2.26. The lowest BCUT2D eigenvalue weighted by molar-refractivity contribution is 0.308. The highest BCUT2D eigenvalue weighted by Gasteiger charge is 2.11. The number of benzene rings is 1. The second-order valence-electron chi connectivity index (χ2n) is 4.28. The van der Waals surface area contributed by atoms with E-state index in [1.54, 1.807) is 7.11 Å². The summed E-state index contributed by atoms with van der Waals surface area (Å²) in [5, 5.41) is 0. The molecule has 92 valence electrons. The molecule has 1 aromatic carbocycles. The number of halogens is 1. The van der Waals surface area contributed by atoms with Gasteiger partial charge in [-0.05, 0) is 45.5 Å². The second-order valence-corrected chi connectivity index (χ2v) is 4.28. The summed E-state index contributed by atoms with van der Waals surface area (Å²) in [5.74, 6) is 1.03. The SMILES string of the molecule is COc1c(C)cccc1CC(C)N(C)C.Cl. The van der Waals surface area contributed by atoms with Gasteiger partial charge in [-0.25, -0.2) is 0 Å². The predicted octanol–water partition coefficient (Wildman–Crippen LogP) is 2.92. The number of hydrogen-bond donors (Lipinski definition) is 0. The molecule has 2 nitrogen and oxygen atoms in total. The Morgan fingerprint density at radius 3 is 2.44 bits per heavy atom. The van der Waals surface area contributed by atoms with Crippen LogP contribution in [0.3, 0.4) is 0 Å². The van der Waals surface area contributed by atoms with E-state index in [0.29, 0.717) is 6.04 Å². The summed E-state index contributed by atoms with van der Waals surface area (Å²) in [7, 11) is 5.95. The quantitative estimate of drug-likeness (QED) is 0.806. The van der Waals surface area contributed by atoms with E-state index in [1.165, 1.54) is 11.1 Å². The van der Waals surface area contributed by atoms with E-state index in [2.05, 4.69) is 51.0 Å². The highest BCUT2D eigenvalue weighted by Crippen LogP contribution is 2.24. The lowest BCUT2D eigenvalue weighted by Gasteiger charge is -2.21. The highest BCUT2D eigenvalue weighted by molar-refractivity contribution is 5.85. The van der Waals surface area contributed by atoms with Gasteiger partial charge in [-0.2, -0.15) is 0 Å². The zero-order chi connectivity index (χ0) is 11.4. The van der Waals surface area contributed by atoms with Crippen LogP contribution in [-0.2, 0) is 6.42 Å². The maximum atomic E-state index is 5.44. The first-order chi connectivity index (χ1) is 7.06. The molecule has 3 heteroatoms. The zero-order valence-corrected chi connectivity index (χ0v) is 11.6. The molecule has 0 saturated heterocycles. The van der Waals surface area contributed by atoms with E-state index in [4.69, 9.17) is 4.74 Å². The third-order valence-electron chi connectivity index (χ3n) is 2.89. The molecule has 0 bridgehead atoms. The van der Waals surface area contributed by atoms with Gasteiger partial charge in [0.15, 0.2) is 0 Å². The summed E-state index contributed by atoms with van der Waals surface area (Å²) in [6.07, 6.45) is 1.03. The fourth-order valence-electron chi connectivity index (χ4n) is 1.67. The molecular formula is C13H22ClNO. The van der Waals surface area contributed by atoms with Crippen LogP contribution < -0.4 is 4.74 Å². The van der Waals surface area contributed by atoms with Gasteiger partial charge in [0.1, 0.15) is 5.75 Å². The summed E-state index contributed by atoms with van der Waals surface area (Å²) in [4.78, 5) is 2.22. The Bertz CT molecular complexity index is 326. The van der Waals surface area contributed by atoms with Gasteiger partial charge in [0.05, 0.1) is 7.11 Å². The normalized spacial score (nSPS) is 12.1. The Labute approximate surface area is 105 Å².